The molecule has 0 radical (unpaired) electrons. The molecule has 0 aromatic heterocycles. The Morgan fingerprint density at radius 2 is 1.93 bits per heavy atom. The molecule has 15 heavy (non-hydrogen) atoms. The van der Waals surface area contributed by atoms with Crippen molar-refractivity contribution in [1.82, 2.24) is 0 Å². The summed E-state index contributed by atoms with van der Waals surface area (Å²) < 4.78 is 49.6. The van der Waals surface area contributed by atoms with E-state index in [2.05, 4.69) is 27.8 Å². The van der Waals surface area contributed by atoms with Gasteiger partial charge in [-0.2, -0.15) is 13.2 Å². The van der Waals surface area contributed by atoms with Gasteiger partial charge in [0.1, 0.15) is 5.82 Å². The van der Waals surface area contributed by atoms with Crippen LogP contribution in [0.1, 0.15) is 11.1 Å². The monoisotopic (exact) mass is 280 g/mol. The molecule has 0 aliphatic carbocycles. The third-order valence-corrected chi connectivity index (χ3v) is 1.85. The summed E-state index contributed by atoms with van der Waals surface area (Å²) >= 11 is 3.01. The molecule has 0 unspecified atom stereocenters. The van der Waals surface area contributed by atoms with Gasteiger partial charge in [0, 0.05) is 5.56 Å². The molecule has 1 aromatic carbocycles. The Morgan fingerprint density at radius 1 is 1.27 bits per heavy atom. The van der Waals surface area contributed by atoms with Crippen molar-refractivity contribution >= 4 is 15.9 Å². The van der Waals surface area contributed by atoms with E-state index in [-0.39, 0.29) is 5.56 Å². The quantitative estimate of drug-likeness (QED) is 0.387. The summed E-state index contributed by atoms with van der Waals surface area (Å²) in [5, 5.41) is 0.353. The normalized spacial score (nSPS) is 10.7. The van der Waals surface area contributed by atoms with Crippen LogP contribution in [0.25, 0.3) is 0 Å². The first-order valence-electron chi connectivity index (χ1n) is 3.86. The average molecular weight is 281 g/mol. The number of hydrogen-bond acceptors (Lipinski definition) is 0. The molecule has 0 aliphatic heterocycles. The van der Waals surface area contributed by atoms with E-state index in [4.69, 9.17) is 0 Å². The molecule has 5 heteroatoms. The molecule has 0 spiro atoms. The van der Waals surface area contributed by atoms with E-state index in [0.717, 1.165) is 6.07 Å². The number of alkyl halides is 4. The second kappa shape index (κ2) is 4.67. The van der Waals surface area contributed by atoms with Gasteiger partial charge in [0.25, 0.3) is 0 Å². The zero-order valence-electron chi connectivity index (χ0n) is 7.33. The Hall–Kier alpha value is -1.02. The molecule has 0 N–H and O–H groups in total. The maximum absolute atomic E-state index is 12.8. The molecule has 1 aromatic rings. The lowest BCUT2D eigenvalue weighted by molar-refractivity contribution is -0.140. The van der Waals surface area contributed by atoms with Crippen LogP contribution in [0, 0.1) is 17.7 Å². The van der Waals surface area contributed by atoms with Gasteiger partial charge in [0.2, 0.25) is 0 Å². The largest absolute Gasteiger partial charge is 0.419 e. The highest BCUT2D eigenvalue weighted by molar-refractivity contribution is 9.09. The van der Waals surface area contributed by atoms with Gasteiger partial charge in [-0.1, -0.05) is 27.8 Å². The maximum atomic E-state index is 12.8. The molecular formula is C10H5BrF4. The van der Waals surface area contributed by atoms with Gasteiger partial charge >= 0.3 is 6.18 Å². The fourth-order valence-corrected chi connectivity index (χ4v) is 1.10. The van der Waals surface area contributed by atoms with Crippen molar-refractivity contribution in [3.05, 3.63) is 35.1 Å². The topological polar surface area (TPSA) is 0 Å². The molecule has 0 fully saturated rings. The first-order valence-corrected chi connectivity index (χ1v) is 4.99. The lowest BCUT2D eigenvalue weighted by Gasteiger charge is -2.07. The van der Waals surface area contributed by atoms with Crippen molar-refractivity contribution in [3.63, 3.8) is 0 Å². The Morgan fingerprint density at radius 3 is 2.47 bits per heavy atom. The lowest BCUT2D eigenvalue weighted by atomic mass is 10.1. The maximum Gasteiger partial charge on any atom is 0.419 e. The van der Waals surface area contributed by atoms with Crippen LogP contribution in [0.4, 0.5) is 17.6 Å². The smallest absolute Gasteiger partial charge is 0.206 e. The molecule has 0 heterocycles. The first-order chi connectivity index (χ1) is 6.95. The Balaban J connectivity index is 3.17. The van der Waals surface area contributed by atoms with E-state index in [1.54, 1.807) is 0 Å². The summed E-state index contributed by atoms with van der Waals surface area (Å²) in [6.45, 7) is 0. The van der Waals surface area contributed by atoms with Crippen molar-refractivity contribution in [2.24, 2.45) is 0 Å². The zero-order valence-corrected chi connectivity index (χ0v) is 8.91. The lowest BCUT2D eigenvalue weighted by Crippen LogP contribution is -2.08. The van der Waals surface area contributed by atoms with Gasteiger partial charge in [-0.15, -0.1) is 0 Å². The van der Waals surface area contributed by atoms with E-state index >= 15 is 0 Å². The van der Waals surface area contributed by atoms with Crippen LogP contribution in [0.5, 0.6) is 0 Å². The van der Waals surface area contributed by atoms with E-state index in [9.17, 15) is 17.6 Å². The average Bonchev–Trinajstić information content (AvgIpc) is 2.15. The third kappa shape index (κ3) is 3.24. The summed E-state index contributed by atoms with van der Waals surface area (Å²) in [6, 6.07) is 2.67. The molecule has 1 rings (SSSR count). The molecule has 0 atom stereocenters. The fourth-order valence-electron chi connectivity index (χ4n) is 0.956. The summed E-state index contributed by atoms with van der Waals surface area (Å²) in [4.78, 5) is 0. The van der Waals surface area contributed by atoms with Crippen LogP contribution in [-0.2, 0) is 6.18 Å². The molecule has 0 bridgehead atoms. The van der Waals surface area contributed by atoms with Crippen molar-refractivity contribution in [3.8, 4) is 11.8 Å². The van der Waals surface area contributed by atoms with E-state index in [0.29, 0.717) is 11.4 Å². The van der Waals surface area contributed by atoms with Crippen LogP contribution < -0.4 is 0 Å². The minimum atomic E-state index is -4.68. The van der Waals surface area contributed by atoms with Crippen LogP contribution in [0.3, 0.4) is 0 Å². The Labute approximate surface area is 92.4 Å². The van der Waals surface area contributed by atoms with E-state index in [1.807, 2.05) is 0 Å². The van der Waals surface area contributed by atoms with E-state index < -0.39 is 17.6 Å². The molecule has 0 aliphatic rings. The van der Waals surface area contributed by atoms with Gasteiger partial charge in [-0.05, 0) is 18.2 Å². The van der Waals surface area contributed by atoms with Crippen LogP contribution in [0.15, 0.2) is 18.2 Å². The first kappa shape index (κ1) is 12.1. The molecule has 0 saturated heterocycles. The third-order valence-electron chi connectivity index (χ3n) is 1.57. The van der Waals surface area contributed by atoms with Crippen LogP contribution >= 0.6 is 15.9 Å². The second-order valence-electron chi connectivity index (χ2n) is 2.63. The number of hydrogen-bond donors (Lipinski definition) is 0. The Bertz CT molecular complexity index is 412. The highest BCUT2D eigenvalue weighted by Gasteiger charge is 2.34. The minimum absolute atomic E-state index is 0.142. The van der Waals surface area contributed by atoms with Gasteiger partial charge in [0.05, 0.1) is 10.9 Å². The van der Waals surface area contributed by atoms with Crippen LogP contribution in [-0.4, -0.2) is 5.33 Å². The number of benzene rings is 1. The van der Waals surface area contributed by atoms with Crippen LogP contribution in [0.2, 0.25) is 0 Å². The standard InChI is InChI=1S/C10H5BrF4/c11-5-1-2-7-3-4-9(12)8(6-7)10(13,14)15/h3-4,6H,5H2. The van der Waals surface area contributed by atoms with Crippen molar-refractivity contribution in [2.45, 2.75) is 6.18 Å². The molecule has 0 saturated carbocycles. The second-order valence-corrected chi connectivity index (χ2v) is 3.19. The summed E-state index contributed by atoms with van der Waals surface area (Å²) in [5.41, 5.74) is -1.15. The number of rotatable bonds is 0. The highest BCUT2D eigenvalue weighted by atomic mass is 79.9. The van der Waals surface area contributed by atoms with Crippen molar-refractivity contribution in [1.29, 1.82) is 0 Å². The Kier molecular flexibility index (Phi) is 3.75. The predicted molar refractivity (Wildman–Crippen MR) is 52.1 cm³/mol. The van der Waals surface area contributed by atoms with Gasteiger partial charge in [-0.3, -0.25) is 0 Å². The minimum Gasteiger partial charge on any atom is -0.206 e. The van der Waals surface area contributed by atoms with Gasteiger partial charge < -0.3 is 0 Å². The molecule has 0 amide bonds. The van der Waals surface area contributed by atoms with Crippen molar-refractivity contribution < 1.29 is 17.6 Å². The van der Waals surface area contributed by atoms with Gasteiger partial charge in [0.15, 0.2) is 0 Å². The summed E-state index contributed by atoms with van der Waals surface area (Å²) in [6.07, 6.45) is -4.68. The van der Waals surface area contributed by atoms with E-state index in [1.165, 1.54) is 6.07 Å². The summed E-state index contributed by atoms with van der Waals surface area (Å²) in [7, 11) is 0. The molecular weight excluding hydrogens is 276 g/mol. The SMILES string of the molecule is Fc1ccc(C#CCBr)cc1C(F)(F)F. The fraction of sp³-hybridized carbons (Fsp3) is 0.200. The predicted octanol–water partition coefficient (Wildman–Crippen LogP) is 3.59. The van der Waals surface area contributed by atoms with Gasteiger partial charge in [-0.25, -0.2) is 4.39 Å². The highest BCUT2D eigenvalue weighted by Crippen LogP contribution is 2.31. The van der Waals surface area contributed by atoms with Crippen molar-refractivity contribution in [2.75, 3.05) is 5.33 Å². The summed E-state index contributed by atoms with van der Waals surface area (Å²) in [5.74, 6) is 3.72. The zero-order chi connectivity index (χ0) is 11.5. The molecule has 80 valence electrons. The number of halogens is 5. The molecule has 0 nitrogen and oxygen atoms in total.